The van der Waals surface area contributed by atoms with Gasteiger partial charge in [0.2, 0.25) is 0 Å². The summed E-state index contributed by atoms with van der Waals surface area (Å²) in [5.41, 5.74) is 2.37. The average Bonchev–Trinajstić information content (AvgIpc) is 3.46. The molecule has 1 aliphatic rings. The SMILES string of the molecule is COc1ccc(Oc2ncc(CN3CCc4nc(-c5cccs5)ncc4C3)s2)cc1. The Morgan fingerprint density at radius 2 is 1.93 bits per heavy atom. The number of methoxy groups -OCH3 is 1. The monoisotopic (exact) mass is 436 g/mol. The highest BCUT2D eigenvalue weighted by Gasteiger charge is 2.20. The number of aromatic nitrogens is 3. The topological polar surface area (TPSA) is 60.4 Å². The van der Waals surface area contributed by atoms with E-state index in [0.717, 1.165) is 53.9 Å². The molecule has 5 rings (SSSR count). The molecule has 0 atom stereocenters. The summed E-state index contributed by atoms with van der Waals surface area (Å²) in [6.45, 7) is 2.67. The lowest BCUT2D eigenvalue weighted by Gasteiger charge is -2.27. The summed E-state index contributed by atoms with van der Waals surface area (Å²) < 4.78 is 11.0. The fraction of sp³-hybridized carbons (Fsp3) is 0.227. The van der Waals surface area contributed by atoms with Crippen molar-refractivity contribution in [3.8, 4) is 27.4 Å². The summed E-state index contributed by atoms with van der Waals surface area (Å²) in [5.74, 6) is 2.39. The van der Waals surface area contributed by atoms with Crippen LogP contribution in [-0.2, 0) is 19.5 Å². The third-order valence-electron chi connectivity index (χ3n) is 4.93. The van der Waals surface area contributed by atoms with Crippen molar-refractivity contribution in [3.05, 3.63) is 70.3 Å². The van der Waals surface area contributed by atoms with Gasteiger partial charge in [0.25, 0.3) is 5.19 Å². The van der Waals surface area contributed by atoms with Crippen LogP contribution in [0.15, 0.2) is 54.2 Å². The second-order valence-electron chi connectivity index (χ2n) is 6.97. The normalized spacial score (nSPS) is 13.8. The summed E-state index contributed by atoms with van der Waals surface area (Å²) in [6.07, 6.45) is 4.81. The number of thiophene rings is 1. The van der Waals surface area contributed by atoms with Crippen molar-refractivity contribution >= 4 is 22.7 Å². The zero-order valence-corrected chi connectivity index (χ0v) is 18.1. The Hall–Kier alpha value is -2.81. The molecule has 152 valence electrons. The van der Waals surface area contributed by atoms with Crippen LogP contribution in [0.4, 0.5) is 0 Å². The van der Waals surface area contributed by atoms with Gasteiger partial charge in [-0.05, 0) is 35.7 Å². The predicted molar refractivity (Wildman–Crippen MR) is 118 cm³/mol. The summed E-state index contributed by atoms with van der Waals surface area (Å²) in [7, 11) is 1.65. The maximum Gasteiger partial charge on any atom is 0.278 e. The zero-order chi connectivity index (χ0) is 20.3. The molecule has 0 radical (unpaired) electrons. The van der Waals surface area contributed by atoms with E-state index in [1.807, 2.05) is 42.7 Å². The van der Waals surface area contributed by atoms with Crippen molar-refractivity contribution in [1.82, 2.24) is 19.9 Å². The summed E-state index contributed by atoms with van der Waals surface area (Å²) >= 11 is 3.25. The number of fused-ring (bicyclic) bond motifs is 1. The Balaban J connectivity index is 1.22. The van der Waals surface area contributed by atoms with Gasteiger partial charge in [-0.2, -0.15) is 0 Å². The molecular formula is C22H20N4O2S2. The van der Waals surface area contributed by atoms with Gasteiger partial charge >= 0.3 is 0 Å². The molecule has 4 heterocycles. The van der Waals surface area contributed by atoms with Gasteiger partial charge in [-0.3, -0.25) is 4.90 Å². The van der Waals surface area contributed by atoms with E-state index in [1.54, 1.807) is 29.8 Å². The number of thiazole rings is 1. The van der Waals surface area contributed by atoms with Gasteiger partial charge in [0.1, 0.15) is 11.5 Å². The Kier molecular flexibility index (Phi) is 5.44. The van der Waals surface area contributed by atoms with Crippen molar-refractivity contribution in [1.29, 1.82) is 0 Å². The zero-order valence-electron chi connectivity index (χ0n) is 16.4. The molecule has 0 unspecified atom stereocenters. The molecule has 0 fully saturated rings. The molecule has 6 nitrogen and oxygen atoms in total. The Bertz CT molecular complexity index is 1130. The molecule has 8 heteroatoms. The lowest BCUT2D eigenvalue weighted by molar-refractivity contribution is 0.245. The van der Waals surface area contributed by atoms with Gasteiger partial charge in [0.15, 0.2) is 5.82 Å². The van der Waals surface area contributed by atoms with E-state index < -0.39 is 0 Å². The molecule has 0 spiro atoms. The highest BCUT2D eigenvalue weighted by molar-refractivity contribution is 7.13. The standard InChI is InChI=1S/C22H20N4O2S2/c1-27-16-4-6-17(7-5-16)28-22-24-12-18(30-22)14-26-9-8-19-15(13-26)11-23-21(25-19)20-3-2-10-29-20/h2-7,10-12H,8-9,13-14H2,1H3. The van der Waals surface area contributed by atoms with Gasteiger partial charge in [0, 0.05) is 48.9 Å². The number of ether oxygens (including phenoxy) is 2. The number of hydrogen-bond acceptors (Lipinski definition) is 8. The van der Waals surface area contributed by atoms with Crippen molar-refractivity contribution in [3.63, 3.8) is 0 Å². The number of rotatable bonds is 6. The third-order valence-corrected chi connectivity index (χ3v) is 6.66. The van der Waals surface area contributed by atoms with E-state index in [9.17, 15) is 0 Å². The van der Waals surface area contributed by atoms with Gasteiger partial charge in [-0.1, -0.05) is 17.4 Å². The molecular weight excluding hydrogens is 416 g/mol. The quantitative estimate of drug-likeness (QED) is 0.423. The van der Waals surface area contributed by atoms with Crippen LogP contribution >= 0.6 is 22.7 Å². The summed E-state index contributed by atoms with van der Waals surface area (Å²) in [5, 5.41) is 2.71. The molecule has 0 saturated carbocycles. The van der Waals surface area contributed by atoms with Crippen LogP contribution in [0.5, 0.6) is 16.7 Å². The minimum atomic E-state index is 0.650. The van der Waals surface area contributed by atoms with E-state index in [4.69, 9.17) is 14.5 Å². The number of hydrogen-bond donors (Lipinski definition) is 0. The van der Waals surface area contributed by atoms with E-state index in [2.05, 4.69) is 26.3 Å². The van der Waals surface area contributed by atoms with Gasteiger partial charge in [0.05, 0.1) is 17.7 Å². The molecule has 0 amide bonds. The highest BCUT2D eigenvalue weighted by atomic mass is 32.1. The van der Waals surface area contributed by atoms with Crippen LogP contribution in [-0.4, -0.2) is 33.5 Å². The van der Waals surface area contributed by atoms with Crippen molar-refractivity contribution in [2.24, 2.45) is 0 Å². The first-order valence-corrected chi connectivity index (χ1v) is 11.3. The van der Waals surface area contributed by atoms with Crippen LogP contribution in [0.2, 0.25) is 0 Å². The second-order valence-corrected chi connectivity index (χ2v) is 9.00. The Labute approximate surface area is 182 Å². The minimum Gasteiger partial charge on any atom is -0.497 e. The van der Waals surface area contributed by atoms with E-state index in [1.165, 1.54) is 10.4 Å². The van der Waals surface area contributed by atoms with Crippen LogP contribution in [0.1, 0.15) is 16.1 Å². The number of nitrogens with zero attached hydrogens (tertiary/aromatic N) is 4. The third kappa shape index (κ3) is 4.21. The second kappa shape index (κ2) is 8.51. The first-order chi connectivity index (χ1) is 14.8. The van der Waals surface area contributed by atoms with E-state index in [0.29, 0.717) is 5.19 Å². The lowest BCUT2D eigenvalue weighted by Crippen LogP contribution is -2.30. The van der Waals surface area contributed by atoms with Crippen LogP contribution in [0, 0.1) is 0 Å². The fourth-order valence-electron chi connectivity index (χ4n) is 3.41. The molecule has 3 aromatic heterocycles. The minimum absolute atomic E-state index is 0.650. The van der Waals surface area contributed by atoms with E-state index in [-0.39, 0.29) is 0 Å². The fourth-order valence-corrected chi connectivity index (χ4v) is 4.89. The van der Waals surface area contributed by atoms with E-state index >= 15 is 0 Å². The molecule has 0 aliphatic carbocycles. The van der Waals surface area contributed by atoms with Gasteiger partial charge in [-0.25, -0.2) is 15.0 Å². The molecule has 0 saturated heterocycles. The Morgan fingerprint density at radius 3 is 2.73 bits per heavy atom. The maximum atomic E-state index is 5.87. The molecule has 0 N–H and O–H groups in total. The number of benzene rings is 1. The van der Waals surface area contributed by atoms with Crippen molar-refractivity contribution in [2.75, 3.05) is 13.7 Å². The molecule has 0 bridgehead atoms. The Morgan fingerprint density at radius 1 is 1.07 bits per heavy atom. The summed E-state index contributed by atoms with van der Waals surface area (Å²) in [6, 6.07) is 11.6. The average molecular weight is 437 g/mol. The first kappa shape index (κ1) is 19.2. The lowest BCUT2D eigenvalue weighted by atomic mass is 10.1. The predicted octanol–water partition coefficient (Wildman–Crippen LogP) is 5.02. The molecule has 1 aliphatic heterocycles. The van der Waals surface area contributed by atoms with Crippen LogP contribution in [0.3, 0.4) is 0 Å². The molecule has 1 aromatic carbocycles. The van der Waals surface area contributed by atoms with Gasteiger partial charge < -0.3 is 9.47 Å². The summed E-state index contributed by atoms with van der Waals surface area (Å²) in [4.78, 5) is 18.5. The smallest absolute Gasteiger partial charge is 0.278 e. The van der Waals surface area contributed by atoms with Crippen LogP contribution < -0.4 is 9.47 Å². The first-order valence-electron chi connectivity index (χ1n) is 9.64. The van der Waals surface area contributed by atoms with Crippen LogP contribution in [0.25, 0.3) is 10.7 Å². The molecule has 30 heavy (non-hydrogen) atoms. The molecule has 4 aromatic rings. The van der Waals surface area contributed by atoms with Gasteiger partial charge in [-0.15, -0.1) is 11.3 Å². The van der Waals surface area contributed by atoms with Crippen molar-refractivity contribution in [2.45, 2.75) is 19.5 Å². The van der Waals surface area contributed by atoms with Crippen molar-refractivity contribution < 1.29 is 9.47 Å². The highest BCUT2D eigenvalue weighted by Crippen LogP contribution is 2.30. The maximum absolute atomic E-state index is 5.87. The largest absolute Gasteiger partial charge is 0.497 e.